The van der Waals surface area contributed by atoms with E-state index in [-0.39, 0.29) is 0 Å². The van der Waals surface area contributed by atoms with Crippen molar-refractivity contribution in [1.29, 1.82) is 0 Å². The molecule has 0 aliphatic carbocycles. The van der Waals surface area contributed by atoms with Crippen LogP contribution in [0.5, 0.6) is 0 Å². The molecule has 0 saturated carbocycles. The van der Waals surface area contributed by atoms with E-state index in [2.05, 4.69) is 34.2 Å². The van der Waals surface area contributed by atoms with Gasteiger partial charge < -0.3 is 10.7 Å². The minimum Gasteiger partial charge on any atom is -0.348 e. The molecule has 1 aromatic carbocycles. The Morgan fingerprint density at radius 1 is 1.06 bits per heavy atom. The lowest BCUT2D eigenvalue weighted by Crippen LogP contribution is -2.05. The van der Waals surface area contributed by atoms with Crippen LogP contribution in [0.1, 0.15) is 17.0 Å². The molecule has 2 aromatic rings. The molecular formula is C13H17N3. The number of rotatable bonds is 5. The normalized spacial score (nSPS) is 10.6. The Hall–Kier alpha value is -1.61. The van der Waals surface area contributed by atoms with Crippen molar-refractivity contribution in [2.24, 2.45) is 5.73 Å². The molecule has 0 aliphatic rings. The maximum atomic E-state index is 5.55. The van der Waals surface area contributed by atoms with Gasteiger partial charge in [0.05, 0.1) is 12.0 Å². The molecule has 2 rings (SSSR count). The third-order valence-corrected chi connectivity index (χ3v) is 2.70. The first-order valence-corrected chi connectivity index (χ1v) is 5.65. The Morgan fingerprint density at radius 3 is 2.62 bits per heavy atom. The SMILES string of the molecule is NCCc1[nH]cnc1CCc1ccccc1. The predicted octanol–water partition coefficient (Wildman–Crippen LogP) is 1.70. The Kier molecular flexibility index (Phi) is 3.72. The number of aromatic amines is 1. The molecule has 0 fully saturated rings. The molecule has 1 aromatic heterocycles. The Bertz CT molecular complexity index is 420. The van der Waals surface area contributed by atoms with Gasteiger partial charge in [-0.25, -0.2) is 4.98 Å². The molecule has 0 spiro atoms. The smallest absolute Gasteiger partial charge is 0.0925 e. The van der Waals surface area contributed by atoms with E-state index >= 15 is 0 Å². The Balaban J connectivity index is 1.97. The molecule has 0 bridgehead atoms. The van der Waals surface area contributed by atoms with Gasteiger partial charge in [-0.05, 0) is 24.9 Å². The van der Waals surface area contributed by atoms with Gasteiger partial charge in [0.25, 0.3) is 0 Å². The second kappa shape index (κ2) is 5.47. The maximum absolute atomic E-state index is 5.55. The molecule has 84 valence electrons. The van der Waals surface area contributed by atoms with Gasteiger partial charge in [0.1, 0.15) is 0 Å². The van der Waals surface area contributed by atoms with Gasteiger partial charge in [-0.3, -0.25) is 0 Å². The third kappa shape index (κ3) is 2.70. The lowest BCUT2D eigenvalue weighted by atomic mass is 10.1. The predicted molar refractivity (Wildman–Crippen MR) is 65.2 cm³/mol. The van der Waals surface area contributed by atoms with E-state index in [1.807, 2.05) is 6.07 Å². The van der Waals surface area contributed by atoms with Crippen molar-refractivity contribution in [2.45, 2.75) is 19.3 Å². The molecule has 0 radical (unpaired) electrons. The number of aryl methyl sites for hydroxylation is 2. The fraction of sp³-hybridized carbons (Fsp3) is 0.308. The summed E-state index contributed by atoms with van der Waals surface area (Å²) in [5, 5.41) is 0. The average Bonchev–Trinajstić information content (AvgIpc) is 2.76. The molecule has 1 heterocycles. The van der Waals surface area contributed by atoms with Crippen molar-refractivity contribution in [3.8, 4) is 0 Å². The molecule has 3 nitrogen and oxygen atoms in total. The first kappa shape index (κ1) is 10.9. The highest BCUT2D eigenvalue weighted by Crippen LogP contribution is 2.08. The van der Waals surface area contributed by atoms with E-state index in [0.29, 0.717) is 6.54 Å². The zero-order valence-corrected chi connectivity index (χ0v) is 9.32. The fourth-order valence-electron chi connectivity index (χ4n) is 1.83. The molecule has 3 N–H and O–H groups in total. The van der Waals surface area contributed by atoms with Crippen molar-refractivity contribution < 1.29 is 0 Å². The van der Waals surface area contributed by atoms with Gasteiger partial charge in [-0.15, -0.1) is 0 Å². The second-order valence-corrected chi connectivity index (χ2v) is 3.85. The summed E-state index contributed by atoms with van der Waals surface area (Å²) >= 11 is 0. The first-order chi connectivity index (χ1) is 7.90. The minimum atomic E-state index is 0.667. The van der Waals surface area contributed by atoms with Crippen molar-refractivity contribution >= 4 is 0 Å². The number of nitrogens with one attached hydrogen (secondary N) is 1. The average molecular weight is 215 g/mol. The van der Waals surface area contributed by atoms with Crippen LogP contribution in [0.25, 0.3) is 0 Å². The number of hydrogen-bond donors (Lipinski definition) is 2. The minimum absolute atomic E-state index is 0.667. The van der Waals surface area contributed by atoms with Crippen LogP contribution in [0.4, 0.5) is 0 Å². The number of imidazole rings is 1. The summed E-state index contributed by atoms with van der Waals surface area (Å²) in [6.45, 7) is 0.667. The summed E-state index contributed by atoms with van der Waals surface area (Å²) in [5.74, 6) is 0. The number of aromatic nitrogens is 2. The molecule has 16 heavy (non-hydrogen) atoms. The largest absolute Gasteiger partial charge is 0.348 e. The Morgan fingerprint density at radius 2 is 1.88 bits per heavy atom. The van der Waals surface area contributed by atoms with Gasteiger partial charge in [-0.1, -0.05) is 30.3 Å². The quantitative estimate of drug-likeness (QED) is 0.797. The molecule has 3 heteroatoms. The lowest BCUT2D eigenvalue weighted by Gasteiger charge is -2.02. The van der Waals surface area contributed by atoms with E-state index in [0.717, 1.165) is 25.0 Å². The summed E-state index contributed by atoms with van der Waals surface area (Å²) in [7, 11) is 0. The highest BCUT2D eigenvalue weighted by Gasteiger charge is 2.04. The van der Waals surface area contributed by atoms with Crippen LogP contribution in [0.3, 0.4) is 0 Å². The molecule has 0 saturated heterocycles. The number of hydrogen-bond acceptors (Lipinski definition) is 2. The number of benzene rings is 1. The van der Waals surface area contributed by atoms with Crippen LogP contribution < -0.4 is 5.73 Å². The Labute approximate surface area is 95.7 Å². The third-order valence-electron chi connectivity index (χ3n) is 2.70. The number of nitrogens with zero attached hydrogens (tertiary/aromatic N) is 1. The van der Waals surface area contributed by atoms with Crippen molar-refractivity contribution in [3.05, 3.63) is 53.6 Å². The van der Waals surface area contributed by atoms with Gasteiger partial charge in [0, 0.05) is 12.1 Å². The fourth-order valence-corrected chi connectivity index (χ4v) is 1.83. The van der Waals surface area contributed by atoms with Crippen molar-refractivity contribution in [3.63, 3.8) is 0 Å². The van der Waals surface area contributed by atoms with Gasteiger partial charge in [0.2, 0.25) is 0 Å². The second-order valence-electron chi connectivity index (χ2n) is 3.85. The van der Waals surface area contributed by atoms with E-state index in [1.165, 1.54) is 11.3 Å². The summed E-state index contributed by atoms with van der Waals surface area (Å²) in [4.78, 5) is 7.49. The topological polar surface area (TPSA) is 54.7 Å². The molecule has 0 amide bonds. The molecular weight excluding hydrogens is 198 g/mol. The van der Waals surface area contributed by atoms with Gasteiger partial charge in [-0.2, -0.15) is 0 Å². The summed E-state index contributed by atoms with van der Waals surface area (Å²) in [6.07, 6.45) is 4.64. The summed E-state index contributed by atoms with van der Waals surface area (Å²) in [5.41, 5.74) is 9.23. The standard InChI is InChI=1S/C13H17N3/c14-9-8-13-12(15-10-16-13)7-6-11-4-2-1-3-5-11/h1-5,10H,6-9,14H2,(H,15,16). The van der Waals surface area contributed by atoms with Crippen LogP contribution in [0.2, 0.25) is 0 Å². The lowest BCUT2D eigenvalue weighted by molar-refractivity contribution is 0.866. The highest BCUT2D eigenvalue weighted by atomic mass is 14.9. The van der Waals surface area contributed by atoms with E-state index in [4.69, 9.17) is 5.73 Å². The maximum Gasteiger partial charge on any atom is 0.0925 e. The molecule has 0 aliphatic heterocycles. The van der Waals surface area contributed by atoms with Gasteiger partial charge >= 0.3 is 0 Å². The van der Waals surface area contributed by atoms with E-state index in [1.54, 1.807) is 6.33 Å². The summed E-state index contributed by atoms with van der Waals surface area (Å²) in [6, 6.07) is 10.5. The summed E-state index contributed by atoms with van der Waals surface area (Å²) < 4.78 is 0. The zero-order chi connectivity index (χ0) is 11.2. The van der Waals surface area contributed by atoms with Crippen LogP contribution in [0, 0.1) is 0 Å². The monoisotopic (exact) mass is 215 g/mol. The van der Waals surface area contributed by atoms with Crippen LogP contribution in [-0.2, 0) is 19.3 Å². The van der Waals surface area contributed by atoms with Crippen LogP contribution in [-0.4, -0.2) is 16.5 Å². The number of nitrogens with two attached hydrogens (primary N) is 1. The highest BCUT2D eigenvalue weighted by molar-refractivity contribution is 5.18. The van der Waals surface area contributed by atoms with E-state index in [9.17, 15) is 0 Å². The zero-order valence-electron chi connectivity index (χ0n) is 9.32. The molecule has 0 atom stereocenters. The van der Waals surface area contributed by atoms with Crippen molar-refractivity contribution in [2.75, 3.05) is 6.54 Å². The number of H-pyrrole nitrogens is 1. The van der Waals surface area contributed by atoms with Crippen molar-refractivity contribution in [1.82, 2.24) is 9.97 Å². The van der Waals surface area contributed by atoms with E-state index < -0.39 is 0 Å². The first-order valence-electron chi connectivity index (χ1n) is 5.65. The van der Waals surface area contributed by atoms with Crippen LogP contribution in [0.15, 0.2) is 36.7 Å². The van der Waals surface area contributed by atoms with Gasteiger partial charge in [0.15, 0.2) is 0 Å². The van der Waals surface area contributed by atoms with Crippen LogP contribution >= 0.6 is 0 Å². The molecule has 0 unspecified atom stereocenters.